The van der Waals surface area contributed by atoms with Crippen LogP contribution in [0, 0.1) is 0 Å². The van der Waals surface area contributed by atoms with Crippen molar-refractivity contribution >= 4 is 42.7 Å². The van der Waals surface area contributed by atoms with Crippen LogP contribution in [0.4, 0.5) is 5.69 Å². The third-order valence-electron chi connectivity index (χ3n) is 2.99. The zero-order valence-corrected chi connectivity index (χ0v) is 14.0. The lowest BCUT2D eigenvalue weighted by Crippen LogP contribution is -2.09. The predicted molar refractivity (Wildman–Crippen MR) is 91.1 cm³/mol. The van der Waals surface area contributed by atoms with Crippen LogP contribution in [-0.2, 0) is 10.0 Å². The summed E-state index contributed by atoms with van der Waals surface area (Å²) in [5, 5.41) is 0. The molecule has 1 aromatic heterocycles. The number of nitrogens with one attached hydrogen (secondary N) is 1. The molecule has 0 spiro atoms. The number of aromatic nitrogens is 2. The highest BCUT2D eigenvalue weighted by atomic mass is 79.9. The molecule has 0 aliphatic rings. The highest BCUT2D eigenvalue weighted by Crippen LogP contribution is 2.25. The Kier molecular flexibility index (Phi) is 3.84. The van der Waals surface area contributed by atoms with Crippen molar-refractivity contribution in [3.63, 3.8) is 0 Å². The van der Waals surface area contributed by atoms with E-state index in [0.29, 0.717) is 11.4 Å². The molecule has 2 aromatic carbocycles. The Balaban J connectivity index is 2.07. The molecule has 0 unspecified atom stereocenters. The second-order valence-corrected chi connectivity index (χ2v) is 7.42. The van der Waals surface area contributed by atoms with Gasteiger partial charge in [-0.1, -0.05) is 18.2 Å². The third kappa shape index (κ3) is 3.26. The van der Waals surface area contributed by atoms with E-state index in [1.807, 2.05) is 24.3 Å². The van der Waals surface area contributed by atoms with Crippen LogP contribution >= 0.6 is 15.9 Å². The molecule has 112 valence electrons. The van der Waals surface area contributed by atoms with Gasteiger partial charge in [0.1, 0.15) is 5.52 Å². The molecule has 0 fully saturated rings. The topological polar surface area (TPSA) is 72.0 Å². The molecular weight excluding hydrogens is 366 g/mol. The van der Waals surface area contributed by atoms with Crippen LogP contribution in [-0.4, -0.2) is 24.6 Å². The summed E-state index contributed by atoms with van der Waals surface area (Å²) in [4.78, 5) is 8.99. The number of nitrogens with zero attached hydrogens (tertiary/aromatic N) is 2. The molecule has 22 heavy (non-hydrogen) atoms. The molecule has 0 bridgehead atoms. The van der Waals surface area contributed by atoms with Crippen LogP contribution in [0.5, 0.6) is 0 Å². The summed E-state index contributed by atoms with van der Waals surface area (Å²) in [6.45, 7) is 0. The Hall–Kier alpha value is -1.99. The summed E-state index contributed by atoms with van der Waals surface area (Å²) in [5.41, 5.74) is 3.52. The van der Waals surface area contributed by atoms with Crippen LogP contribution < -0.4 is 4.72 Å². The van der Waals surface area contributed by atoms with E-state index in [2.05, 4.69) is 30.6 Å². The van der Waals surface area contributed by atoms with Crippen LogP contribution in [0.1, 0.15) is 0 Å². The van der Waals surface area contributed by atoms with E-state index < -0.39 is 10.0 Å². The molecule has 0 aliphatic carbocycles. The zero-order valence-electron chi connectivity index (χ0n) is 11.6. The van der Waals surface area contributed by atoms with Gasteiger partial charge in [-0.3, -0.25) is 9.71 Å². The van der Waals surface area contributed by atoms with Crippen LogP contribution in [0.2, 0.25) is 0 Å². The van der Waals surface area contributed by atoms with Gasteiger partial charge >= 0.3 is 0 Å². The summed E-state index contributed by atoms with van der Waals surface area (Å²) < 4.78 is 26.0. The Morgan fingerprint density at radius 2 is 1.91 bits per heavy atom. The van der Waals surface area contributed by atoms with Gasteiger partial charge in [-0.2, -0.15) is 0 Å². The van der Waals surface area contributed by atoms with Crippen molar-refractivity contribution in [2.24, 2.45) is 0 Å². The first-order valence-electron chi connectivity index (χ1n) is 6.42. The summed E-state index contributed by atoms with van der Waals surface area (Å²) in [6.07, 6.45) is 2.79. The third-order valence-corrected chi connectivity index (χ3v) is 4.23. The lowest BCUT2D eigenvalue weighted by molar-refractivity contribution is 0.607. The maximum Gasteiger partial charge on any atom is 0.229 e. The minimum absolute atomic E-state index is 0.494. The molecule has 0 radical (unpaired) electrons. The number of rotatable bonds is 3. The molecule has 5 nitrogen and oxygen atoms in total. The van der Waals surface area contributed by atoms with Gasteiger partial charge in [-0.25, -0.2) is 13.4 Å². The fourth-order valence-corrected chi connectivity index (χ4v) is 3.09. The van der Waals surface area contributed by atoms with Gasteiger partial charge < -0.3 is 0 Å². The molecule has 3 aromatic rings. The van der Waals surface area contributed by atoms with Crippen molar-refractivity contribution in [1.29, 1.82) is 0 Å². The molecule has 0 amide bonds. The quantitative estimate of drug-likeness (QED) is 0.758. The van der Waals surface area contributed by atoms with E-state index in [4.69, 9.17) is 0 Å². The van der Waals surface area contributed by atoms with Crippen molar-refractivity contribution in [2.45, 2.75) is 0 Å². The van der Waals surface area contributed by atoms with Gasteiger partial charge in [0.15, 0.2) is 0 Å². The first-order chi connectivity index (χ1) is 10.4. The number of halogens is 1. The zero-order chi connectivity index (χ0) is 15.7. The number of para-hydroxylation sites is 1. The van der Waals surface area contributed by atoms with E-state index in [1.54, 1.807) is 24.4 Å². The standard InChI is InChI=1S/C15H12BrN3O2S/c1-22(20,21)19-11-5-2-4-10(8-11)14-9-17-13-7-3-6-12(16)15(13)18-14/h2-9,19H,1H3. The number of hydrogen-bond donors (Lipinski definition) is 1. The van der Waals surface area contributed by atoms with Crippen molar-refractivity contribution in [1.82, 2.24) is 9.97 Å². The SMILES string of the molecule is CS(=O)(=O)Nc1cccc(-c2cnc3cccc(Br)c3n2)c1. The maximum absolute atomic E-state index is 11.3. The van der Waals surface area contributed by atoms with Crippen LogP contribution in [0.25, 0.3) is 22.3 Å². The molecule has 0 saturated carbocycles. The predicted octanol–water partition coefficient (Wildman–Crippen LogP) is 3.43. The Labute approximate surface area is 136 Å². The normalized spacial score (nSPS) is 11.5. The smallest absolute Gasteiger partial charge is 0.229 e. The van der Waals surface area contributed by atoms with Crippen molar-refractivity contribution in [3.8, 4) is 11.3 Å². The van der Waals surface area contributed by atoms with Crippen molar-refractivity contribution < 1.29 is 8.42 Å². The highest BCUT2D eigenvalue weighted by Gasteiger charge is 2.07. The number of sulfonamides is 1. The lowest BCUT2D eigenvalue weighted by Gasteiger charge is -2.07. The summed E-state index contributed by atoms with van der Waals surface area (Å²) in [7, 11) is -3.31. The molecule has 0 aliphatic heterocycles. The average molecular weight is 378 g/mol. The van der Waals surface area contributed by atoms with Crippen LogP contribution in [0.3, 0.4) is 0 Å². The Bertz CT molecular complexity index is 958. The second-order valence-electron chi connectivity index (χ2n) is 4.82. The van der Waals surface area contributed by atoms with E-state index in [0.717, 1.165) is 27.3 Å². The van der Waals surface area contributed by atoms with Gasteiger partial charge in [-0.15, -0.1) is 0 Å². The maximum atomic E-state index is 11.3. The molecule has 0 saturated heterocycles. The molecule has 7 heteroatoms. The van der Waals surface area contributed by atoms with Gasteiger partial charge in [-0.05, 0) is 40.2 Å². The van der Waals surface area contributed by atoms with E-state index >= 15 is 0 Å². The summed E-state index contributed by atoms with van der Waals surface area (Å²) in [6, 6.07) is 12.7. The molecule has 1 heterocycles. The van der Waals surface area contributed by atoms with Gasteiger partial charge in [0.05, 0.1) is 23.7 Å². The largest absolute Gasteiger partial charge is 0.284 e. The van der Waals surface area contributed by atoms with Crippen molar-refractivity contribution in [3.05, 3.63) is 53.1 Å². The van der Waals surface area contributed by atoms with Crippen molar-refractivity contribution in [2.75, 3.05) is 11.0 Å². The highest BCUT2D eigenvalue weighted by molar-refractivity contribution is 9.10. The van der Waals surface area contributed by atoms with E-state index in [9.17, 15) is 8.42 Å². The van der Waals surface area contributed by atoms with Gasteiger partial charge in [0.2, 0.25) is 10.0 Å². The summed E-state index contributed by atoms with van der Waals surface area (Å²) in [5.74, 6) is 0. The average Bonchev–Trinajstić information content (AvgIpc) is 2.46. The van der Waals surface area contributed by atoms with Crippen LogP contribution in [0.15, 0.2) is 53.1 Å². The minimum atomic E-state index is -3.31. The fourth-order valence-electron chi connectivity index (χ4n) is 2.09. The lowest BCUT2D eigenvalue weighted by atomic mass is 10.1. The first kappa shape index (κ1) is 14.9. The number of anilines is 1. The Morgan fingerprint density at radius 3 is 2.68 bits per heavy atom. The molecular formula is C15H12BrN3O2S. The van der Waals surface area contributed by atoms with Gasteiger partial charge in [0, 0.05) is 15.7 Å². The van der Waals surface area contributed by atoms with E-state index in [1.165, 1.54) is 0 Å². The molecule has 1 N–H and O–H groups in total. The fraction of sp³-hybridized carbons (Fsp3) is 0.0667. The summed E-state index contributed by atoms with van der Waals surface area (Å²) >= 11 is 3.46. The minimum Gasteiger partial charge on any atom is -0.284 e. The number of benzene rings is 2. The second kappa shape index (κ2) is 5.66. The Morgan fingerprint density at radius 1 is 1.14 bits per heavy atom. The van der Waals surface area contributed by atoms with E-state index in [-0.39, 0.29) is 0 Å². The van der Waals surface area contributed by atoms with Gasteiger partial charge in [0.25, 0.3) is 0 Å². The first-order valence-corrected chi connectivity index (χ1v) is 9.10. The molecule has 3 rings (SSSR count). The monoisotopic (exact) mass is 377 g/mol. The number of hydrogen-bond acceptors (Lipinski definition) is 4. The number of fused-ring (bicyclic) bond motifs is 1. The molecule has 0 atom stereocenters.